The number of hydrogen-bond acceptors (Lipinski definition) is 12. The van der Waals surface area contributed by atoms with Crippen molar-refractivity contribution < 1.29 is 65.2 Å². The Balaban J connectivity index is 0.000000228. The second-order valence-corrected chi connectivity index (χ2v) is 14.5. The molecule has 4 fully saturated rings. The van der Waals surface area contributed by atoms with E-state index in [1.54, 1.807) is 34.1 Å². The number of benzene rings is 2. The Kier molecular flexibility index (Phi) is 15.9. The molecule has 0 aromatic heterocycles. The Morgan fingerprint density at radius 2 is 1.00 bits per heavy atom. The molecule has 0 radical (unpaired) electrons. The van der Waals surface area contributed by atoms with E-state index in [1.165, 1.54) is 31.7 Å². The van der Waals surface area contributed by atoms with Crippen molar-refractivity contribution in [2.45, 2.75) is 25.1 Å². The molecule has 4 amide bonds. The first-order valence-corrected chi connectivity index (χ1v) is 19.4. The molecule has 0 unspecified atom stereocenters. The van der Waals surface area contributed by atoms with Gasteiger partial charge in [-0.15, -0.1) is 0 Å². The number of carbonyl (C=O) groups is 4. The molecule has 0 spiro atoms. The van der Waals surface area contributed by atoms with Gasteiger partial charge in [-0.25, -0.2) is 35.9 Å². The van der Waals surface area contributed by atoms with E-state index in [0.717, 1.165) is 0 Å². The molecule has 2 aromatic carbocycles. The van der Waals surface area contributed by atoms with Crippen LogP contribution in [0.1, 0.15) is 0 Å². The van der Waals surface area contributed by atoms with Crippen LogP contribution in [0.5, 0.6) is 0 Å². The van der Waals surface area contributed by atoms with Gasteiger partial charge >= 0.3 is 12.2 Å². The van der Waals surface area contributed by atoms with Crippen LogP contribution >= 0.6 is 24.4 Å². The number of cyclic esters (lactones) is 2. The van der Waals surface area contributed by atoms with Crippen LogP contribution in [-0.4, -0.2) is 171 Å². The van der Waals surface area contributed by atoms with E-state index in [4.69, 9.17) is 19.7 Å². The first-order chi connectivity index (χ1) is 28.6. The summed E-state index contributed by atoms with van der Waals surface area (Å²) in [6, 6.07) is 8.65. The number of nitrogens with zero attached hydrogens (tertiary/aromatic N) is 6. The molecule has 4 aliphatic heterocycles. The largest absolute Gasteiger partial charge is 0.442 e. The molecule has 2 atom stereocenters. The van der Waals surface area contributed by atoms with Crippen molar-refractivity contribution in [2.24, 2.45) is 0 Å². The normalized spacial score (nSPS) is 19.3. The number of carbonyl (C=O) groups excluding carboxylic acids is 4. The average Bonchev–Trinajstić information content (AvgIpc) is 3.82. The SMILES string of the molecule is O=C(CO)N1CCN(c2ccc(N3C[C@H](CNC(=S)C(F)F)OC3=O)cc2F)CC1.O=C(CO)N1CCN(c2ccc(N3C[C@H](CNC(=S)C(F)F)OC3=O)cc2F)CC1. The van der Waals surface area contributed by atoms with E-state index >= 15 is 0 Å². The first kappa shape index (κ1) is 45.9. The Morgan fingerprint density at radius 3 is 1.30 bits per heavy atom. The number of aliphatic hydroxyl groups is 2. The van der Waals surface area contributed by atoms with Crippen molar-refractivity contribution in [3.63, 3.8) is 0 Å². The third kappa shape index (κ3) is 11.5. The monoisotopic (exact) mass is 892 g/mol. The average molecular weight is 893 g/mol. The predicted molar refractivity (Wildman–Crippen MR) is 213 cm³/mol. The van der Waals surface area contributed by atoms with Gasteiger partial charge in [-0.05, 0) is 36.4 Å². The molecular formula is C36H42F6N8O8S2. The van der Waals surface area contributed by atoms with Crippen molar-refractivity contribution in [1.82, 2.24) is 20.4 Å². The number of halogens is 6. The maximum atomic E-state index is 14.7. The highest BCUT2D eigenvalue weighted by Crippen LogP contribution is 2.30. The van der Waals surface area contributed by atoms with Gasteiger partial charge in [0, 0.05) is 52.4 Å². The number of rotatable bonds is 12. The number of anilines is 4. The highest BCUT2D eigenvalue weighted by molar-refractivity contribution is 7.80. The molecule has 4 N–H and O–H groups in total. The minimum atomic E-state index is -2.79. The number of hydrogen-bond donors (Lipinski definition) is 4. The summed E-state index contributed by atoms with van der Waals surface area (Å²) in [6.07, 6.45) is -8.39. The van der Waals surface area contributed by atoms with Crippen molar-refractivity contribution in [2.75, 3.05) is 111 Å². The highest BCUT2D eigenvalue weighted by Gasteiger charge is 2.35. The van der Waals surface area contributed by atoms with Gasteiger partial charge in [0.1, 0.15) is 47.0 Å². The number of nitrogens with one attached hydrogen (secondary N) is 2. The van der Waals surface area contributed by atoms with Crippen molar-refractivity contribution in [3.8, 4) is 0 Å². The smallest absolute Gasteiger partial charge is 0.414 e. The molecule has 60 heavy (non-hydrogen) atoms. The third-order valence-electron chi connectivity index (χ3n) is 9.86. The number of aliphatic hydroxyl groups excluding tert-OH is 2. The molecule has 4 aliphatic rings. The molecule has 2 aromatic rings. The van der Waals surface area contributed by atoms with Crippen LogP contribution in [0.3, 0.4) is 0 Å². The zero-order valence-electron chi connectivity index (χ0n) is 31.8. The predicted octanol–water partition coefficient (Wildman–Crippen LogP) is 1.95. The van der Waals surface area contributed by atoms with Gasteiger partial charge in [-0.1, -0.05) is 24.4 Å². The summed E-state index contributed by atoms with van der Waals surface area (Å²) in [5.74, 6) is -1.81. The van der Waals surface area contributed by atoms with E-state index < -0.39 is 72.1 Å². The van der Waals surface area contributed by atoms with Crippen molar-refractivity contribution in [3.05, 3.63) is 48.0 Å². The van der Waals surface area contributed by atoms with E-state index in [0.29, 0.717) is 63.7 Å². The molecule has 4 saturated heterocycles. The summed E-state index contributed by atoms with van der Waals surface area (Å²) in [5.41, 5.74) is 1.24. The van der Waals surface area contributed by atoms with Crippen LogP contribution in [0, 0.1) is 11.6 Å². The fraction of sp³-hybridized carbons (Fsp3) is 0.500. The number of alkyl halides is 4. The number of piperazine rings is 2. The van der Waals surface area contributed by atoms with Gasteiger partial charge in [-0.3, -0.25) is 19.4 Å². The summed E-state index contributed by atoms with van der Waals surface area (Å²) in [4.78, 5) is 55.0. The quantitative estimate of drug-likeness (QED) is 0.180. The van der Waals surface area contributed by atoms with Crippen molar-refractivity contribution >= 4 is 81.2 Å². The number of thiocarbonyl (C=S) groups is 2. The van der Waals surface area contributed by atoms with Gasteiger partial charge in [0.05, 0.1) is 48.9 Å². The number of ether oxygens (including phenoxy) is 2. The lowest BCUT2D eigenvalue weighted by Gasteiger charge is -2.36. The molecule has 0 saturated carbocycles. The summed E-state index contributed by atoms with van der Waals surface area (Å²) in [6.45, 7) is 2.00. The van der Waals surface area contributed by atoms with Crippen LogP contribution in [-0.2, 0) is 19.1 Å². The molecule has 16 nitrogen and oxygen atoms in total. The highest BCUT2D eigenvalue weighted by atomic mass is 32.1. The second kappa shape index (κ2) is 20.9. The lowest BCUT2D eigenvalue weighted by molar-refractivity contribution is -0.135. The summed E-state index contributed by atoms with van der Waals surface area (Å²) in [5, 5.41) is 22.5. The Bertz CT molecular complexity index is 1770. The lowest BCUT2D eigenvalue weighted by Crippen LogP contribution is -2.49. The van der Waals surface area contributed by atoms with E-state index in [1.807, 2.05) is 0 Å². The fourth-order valence-corrected chi connectivity index (χ4v) is 6.86. The minimum absolute atomic E-state index is 0.0666. The molecule has 0 bridgehead atoms. The molecule has 24 heteroatoms. The Labute approximate surface area is 350 Å². The zero-order chi connectivity index (χ0) is 43.7. The second-order valence-electron chi connectivity index (χ2n) is 13.6. The van der Waals surface area contributed by atoms with Gasteiger partial charge in [-0.2, -0.15) is 0 Å². The first-order valence-electron chi connectivity index (χ1n) is 18.5. The lowest BCUT2D eigenvalue weighted by atomic mass is 10.2. The minimum Gasteiger partial charge on any atom is -0.442 e. The van der Waals surface area contributed by atoms with Gasteiger partial charge in [0.2, 0.25) is 11.8 Å². The summed E-state index contributed by atoms with van der Waals surface area (Å²) in [7, 11) is 0. The number of amides is 4. The van der Waals surface area contributed by atoms with E-state index in [-0.39, 0.29) is 49.4 Å². The molecule has 0 aliphatic carbocycles. The topological polar surface area (TPSA) is 171 Å². The third-order valence-corrected chi connectivity index (χ3v) is 10.5. The summed E-state index contributed by atoms with van der Waals surface area (Å²) < 4.78 is 89.4. The van der Waals surface area contributed by atoms with Gasteiger partial charge < -0.3 is 49.9 Å². The standard InChI is InChI=1S/2C18H21F3N4O4S/c2*19-13-7-11(25-9-12(29-18(25)28)8-22-17(30)16(20)21)1-2-14(13)23-3-5-24(6-4-23)15(27)10-26/h2*1-2,7,12,16,26H,3-6,8-10H2,(H,22,30)/t2*12-/m00/s1. The van der Waals surface area contributed by atoms with Gasteiger partial charge in [0.25, 0.3) is 12.9 Å². The maximum Gasteiger partial charge on any atom is 0.414 e. The molecule has 328 valence electrons. The van der Waals surface area contributed by atoms with E-state index in [2.05, 4.69) is 35.1 Å². The van der Waals surface area contributed by atoms with Crippen LogP contribution in [0.4, 0.5) is 58.7 Å². The van der Waals surface area contributed by atoms with E-state index in [9.17, 15) is 45.5 Å². The molecule has 4 heterocycles. The Hall–Kier alpha value is -5.20. The van der Waals surface area contributed by atoms with Crippen molar-refractivity contribution in [1.29, 1.82) is 0 Å². The molecule has 6 rings (SSSR count). The molecular weight excluding hydrogens is 851 g/mol. The van der Waals surface area contributed by atoms with Gasteiger partial charge in [0.15, 0.2) is 0 Å². The van der Waals surface area contributed by atoms with Crippen LogP contribution in [0.15, 0.2) is 36.4 Å². The van der Waals surface area contributed by atoms with Crippen LogP contribution in [0.2, 0.25) is 0 Å². The fourth-order valence-electron chi connectivity index (χ4n) is 6.69. The zero-order valence-corrected chi connectivity index (χ0v) is 33.4. The maximum absolute atomic E-state index is 14.7. The summed E-state index contributed by atoms with van der Waals surface area (Å²) >= 11 is 8.97. The van der Waals surface area contributed by atoms with Crippen LogP contribution < -0.4 is 30.2 Å². The Morgan fingerprint density at radius 1 is 0.650 bits per heavy atom. The van der Waals surface area contributed by atoms with Crippen LogP contribution in [0.25, 0.3) is 0 Å².